The lowest BCUT2D eigenvalue weighted by Gasteiger charge is -2.37. The van der Waals surface area contributed by atoms with E-state index >= 15 is 0 Å². The molecule has 0 amide bonds. The molecule has 0 spiro atoms. The third kappa shape index (κ3) is 3.19. The lowest BCUT2D eigenvalue weighted by atomic mass is 10.2. The summed E-state index contributed by atoms with van der Waals surface area (Å²) in [5.41, 5.74) is 7.30. The van der Waals surface area contributed by atoms with Crippen molar-refractivity contribution in [2.24, 2.45) is 4.99 Å². The number of sulfone groups is 1. The molecule has 2 atom stereocenters. The van der Waals surface area contributed by atoms with Gasteiger partial charge in [-0.3, -0.25) is 0 Å². The summed E-state index contributed by atoms with van der Waals surface area (Å²) >= 11 is 1.96. The molecule has 9 heteroatoms. The number of thioether (sulfide) groups is 1. The maximum absolute atomic E-state index is 13.2. The standard InChI is InChI=1S/C18H23N5O2S2/c1-11-8-23(9-12(2)26-11)18-15-14(20-10-21-18)16(17(19)22-15)27(24,25)13-6-4-3-5-7-13/h3-7,11-12,20,22H,8-10,19H2,1-2H3/t11-,12?/m0/s1. The van der Waals surface area contributed by atoms with Gasteiger partial charge in [0, 0.05) is 23.6 Å². The van der Waals surface area contributed by atoms with E-state index in [1.54, 1.807) is 30.3 Å². The van der Waals surface area contributed by atoms with E-state index in [4.69, 9.17) is 5.73 Å². The second-order valence-corrected chi connectivity index (χ2v) is 10.7. The molecule has 1 aromatic carbocycles. The molecule has 1 fully saturated rings. The van der Waals surface area contributed by atoms with Crippen LogP contribution in [0.1, 0.15) is 19.5 Å². The minimum atomic E-state index is -3.74. The number of rotatable bonds is 2. The van der Waals surface area contributed by atoms with Crippen molar-refractivity contribution in [3.8, 4) is 0 Å². The molecule has 0 aliphatic carbocycles. The third-order valence-electron chi connectivity index (χ3n) is 4.73. The lowest BCUT2D eigenvalue weighted by Crippen LogP contribution is -2.45. The zero-order chi connectivity index (χ0) is 19.2. The lowest BCUT2D eigenvalue weighted by molar-refractivity contribution is 0.408. The number of aromatic nitrogens is 1. The smallest absolute Gasteiger partial charge is 0.212 e. The molecule has 7 nitrogen and oxygen atoms in total. The molecule has 3 heterocycles. The average Bonchev–Trinajstić information content (AvgIpc) is 2.98. The van der Waals surface area contributed by atoms with Gasteiger partial charge in [-0.05, 0) is 12.1 Å². The predicted molar refractivity (Wildman–Crippen MR) is 110 cm³/mol. The minimum Gasteiger partial charge on any atom is -0.384 e. The zero-order valence-corrected chi connectivity index (χ0v) is 16.9. The number of amidine groups is 1. The minimum absolute atomic E-state index is 0.101. The first-order chi connectivity index (χ1) is 12.9. The van der Waals surface area contributed by atoms with Gasteiger partial charge in [0.2, 0.25) is 9.84 Å². The van der Waals surface area contributed by atoms with Crippen molar-refractivity contribution in [1.82, 2.24) is 9.88 Å². The Hall–Kier alpha value is -2.13. The highest BCUT2D eigenvalue weighted by Gasteiger charge is 2.34. The molecule has 27 heavy (non-hydrogen) atoms. The van der Waals surface area contributed by atoms with Crippen molar-refractivity contribution < 1.29 is 8.42 Å². The molecule has 4 N–H and O–H groups in total. The molecular weight excluding hydrogens is 382 g/mol. The number of nitrogens with two attached hydrogens (primary N) is 1. The highest BCUT2D eigenvalue weighted by Crippen LogP contribution is 2.38. The number of nitrogen functional groups attached to an aromatic ring is 1. The molecule has 0 saturated carbocycles. The maximum Gasteiger partial charge on any atom is 0.212 e. The molecule has 1 saturated heterocycles. The van der Waals surface area contributed by atoms with Gasteiger partial charge in [-0.25, -0.2) is 13.4 Å². The summed E-state index contributed by atoms with van der Waals surface area (Å²) in [6, 6.07) is 8.36. The number of fused-ring (bicyclic) bond motifs is 1. The highest BCUT2D eigenvalue weighted by atomic mass is 32.2. The second-order valence-electron chi connectivity index (χ2n) is 6.91. The summed E-state index contributed by atoms with van der Waals surface area (Å²) in [7, 11) is -3.74. The number of hydrogen-bond donors (Lipinski definition) is 3. The van der Waals surface area contributed by atoms with Crippen LogP contribution in [0.15, 0.2) is 45.1 Å². The van der Waals surface area contributed by atoms with Crippen LogP contribution in [-0.2, 0) is 9.84 Å². The Labute approximate surface area is 163 Å². The van der Waals surface area contributed by atoms with E-state index in [1.165, 1.54) is 0 Å². The molecule has 4 rings (SSSR count). The fourth-order valence-corrected chi connectivity index (χ4v) is 6.58. The Balaban J connectivity index is 1.78. The molecule has 0 radical (unpaired) electrons. The average molecular weight is 406 g/mol. The summed E-state index contributed by atoms with van der Waals surface area (Å²) in [4.78, 5) is 10.2. The largest absolute Gasteiger partial charge is 0.384 e. The number of nitrogens with one attached hydrogen (secondary N) is 2. The number of nitrogens with zero attached hydrogens (tertiary/aromatic N) is 2. The van der Waals surface area contributed by atoms with Gasteiger partial charge in [0.05, 0.1) is 10.6 Å². The van der Waals surface area contributed by atoms with Crippen LogP contribution in [0.5, 0.6) is 0 Å². The van der Waals surface area contributed by atoms with Gasteiger partial charge in [0.15, 0.2) is 5.84 Å². The van der Waals surface area contributed by atoms with Gasteiger partial charge < -0.3 is 20.9 Å². The van der Waals surface area contributed by atoms with Crippen molar-refractivity contribution in [2.45, 2.75) is 34.1 Å². The number of aliphatic imine (C=N–C) groups is 1. The first-order valence-electron chi connectivity index (χ1n) is 8.88. The van der Waals surface area contributed by atoms with Gasteiger partial charge >= 0.3 is 0 Å². The van der Waals surface area contributed by atoms with Crippen molar-refractivity contribution in [3.63, 3.8) is 0 Å². The van der Waals surface area contributed by atoms with Crippen LogP contribution in [-0.4, -0.2) is 54.4 Å². The Morgan fingerprint density at radius 3 is 2.52 bits per heavy atom. The van der Waals surface area contributed by atoms with Crippen molar-refractivity contribution in [2.75, 3.05) is 30.8 Å². The quantitative estimate of drug-likeness (QED) is 0.709. The first-order valence-corrected chi connectivity index (χ1v) is 11.3. The number of hydrogen-bond acceptors (Lipinski definition) is 7. The first kappa shape index (κ1) is 18.2. The van der Waals surface area contributed by atoms with Crippen LogP contribution in [0, 0.1) is 0 Å². The molecule has 0 bridgehead atoms. The molecular formula is C18H23N5O2S2. The Kier molecular flexibility index (Phi) is 4.59. The van der Waals surface area contributed by atoms with Crippen LogP contribution < -0.4 is 11.1 Å². The van der Waals surface area contributed by atoms with Crippen molar-refractivity contribution in [1.29, 1.82) is 0 Å². The van der Waals surface area contributed by atoms with Crippen LogP contribution in [0.25, 0.3) is 0 Å². The van der Waals surface area contributed by atoms with Crippen molar-refractivity contribution >= 4 is 38.9 Å². The fourth-order valence-electron chi connectivity index (χ4n) is 3.72. The van der Waals surface area contributed by atoms with Crippen LogP contribution in [0.3, 0.4) is 0 Å². The zero-order valence-electron chi connectivity index (χ0n) is 15.3. The number of anilines is 2. The number of aromatic amines is 1. The molecule has 2 aliphatic rings. The van der Waals surface area contributed by atoms with E-state index < -0.39 is 9.84 Å². The molecule has 1 aromatic heterocycles. The monoisotopic (exact) mass is 405 g/mol. The summed E-state index contributed by atoms with van der Waals surface area (Å²) in [5.74, 6) is 0.919. The SMILES string of the molecule is CC1CN(C2=NCNc3c2[nH]c(N)c3S(=O)(=O)c2ccccc2)C[C@H](C)S1. The second kappa shape index (κ2) is 6.79. The summed E-state index contributed by atoms with van der Waals surface area (Å²) in [5, 5.41) is 4.07. The van der Waals surface area contributed by atoms with E-state index in [1.807, 2.05) is 11.8 Å². The van der Waals surface area contributed by atoms with Crippen LogP contribution in [0.4, 0.5) is 11.5 Å². The molecule has 1 unspecified atom stereocenters. The van der Waals surface area contributed by atoms with Gasteiger partial charge in [0.25, 0.3) is 0 Å². The van der Waals surface area contributed by atoms with Crippen molar-refractivity contribution in [3.05, 3.63) is 36.0 Å². The predicted octanol–water partition coefficient (Wildman–Crippen LogP) is 2.39. The van der Waals surface area contributed by atoms with Gasteiger partial charge in [-0.15, -0.1) is 0 Å². The van der Waals surface area contributed by atoms with Gasteiger partial charge in [-0.2, -0.15) is 11.8 Å². The molecule has 2 aliphatic heterocycles. The number of H-pyrrole nitrogens is 1. The normalized spacial score (nSPS) is 22.7. The fraction of sp³-hybridized carbons (Fsp3) is 0.389. The van der Waals surface area contributed by atoms with E-state index in [0.717, 1.165) is 18.9 Å². The van der Waals surface area contributed by atoms with Gasteiger partial charge in [0.1, 0.15) is 23.1 Å². The van der Waals surface area contributed by atoms with Gasteiger partial charge in [-0.1, -0.05) is 32.0 Å². The summed E-state index contributed by atoms with van der Waals surface area (Å²) in [6.45, 7) is 6.46. The topological polar surface area (TPSA) is 104 Å². The molecule has 144 valence electrons. The van der Waals surface area contributed by atoms with E-state index in [0.29, 0.717) is 28.5 Å². The van der Waals surface area contributed by atoms with Crippen LogP contribution in [0.2, 0.25) is 0 Å². The summed E-state index contributed by atoms with van der Waals surface area (Å²) < 4.78 is 26.4. The van der Waals surface area contributed by atoms with E-state index in [2.05, 4.69) is 34.0 Å². The maximum atomic E-state index is 13.2. The summed E-state index contributed by atoms with van der Waals surface area (Å²) in [6.07, 6.45) is 0. The Bertz CT molecular complexity index is 975. The van der Waals surface area contributed by atoms with E-state index in [9.17, 15) is 8.42 Å². The number of benzene rings is 1. The highest BCUT2D eigenvalue weighted by molar-refractivity contribution is 8.00. The van der Waals surface area contributed by atoms with Crippen LogP contribution >= 0.6 is 11.8 Å². The van der Waals surface area contributed by atoms with E-state index in [-0.39, 0.29) is 15.6 Å². The third-order valence-corrected chi connectivity index (χ3v) is 7.81. The molecule has 2 aromatic rings. The Morgan fingerprint density at radius 1 is 1.19 bits per heavy atom. The Morgan fingerprint density at radius 2 is 1.85 bits per heavy atom.